The summed E-state index contributed by atoms with van der Waals surface area (Å²) in [6.45, 7) is 5.10. The molecular formula is C10H15NO. The molecule has 0 unspecified atom stereocenters. The molecule has 1 aromatic carbocycles. The largest absolute Gasteiger partial charge is 0.497 e. The molecule has 0 fully saturated rings. The van der Waals surface area contributed by atoms with E-state index >= 15 is 0 Å². The van der Waals surface area contributed by atoms with Gasteiger partial charge in [-0.1, -0.05) is 6.07 Å². The molecule has 0 aliphatic rings. The molecule has 0 spiro atoms. The van der Waals surface area contributed by atoms with E-state index in [1.807, 2.05) is 12.1 Å². The van der Waals surface area contributed by atoms with Gasteiger partial charge in [-0.25, -0.2) is 0 Å². The van der Waals surface area contributed by atoms with Crippen LogP contribution in [0.3, 0.4) is 0 Å². The van der Waals surface area contributed by atoms with E-state index < -0.39 is 0 Å². The van der Waals surface area contributed by atoms with E-state index in [9.17, 15) is 0 Å². The van der Waals surface area contributed by atoms with Gasteiger partial charge in [0.1, 0.15) is 5.75 Å². The van der Waals surface area contributed by atoms with Crippen molar-refractivity contribution in [2.75, 3.05) is 19.0 Å². The van der Waals surface area contributed by atoms with Crippen molar-refractivity contribution < 1.29 is 4.74 Å². The van der Waals surface area contributed by atoms with Crippen molar-refractivity contribution in [3.05, 3.63) is 23.8 Å². The van der Waals surface area contributed by atoms with Crippen molar-refractivity contribution >= 4 is 5.69 Å². The number of hydrogen-bond acceptors (Lipinski definition) is 2. The summed E-state index contributed by atoms with van der Waals surface area (Å²) in [6.07, 6.45) is 0. The van der Waals surface area contributed by atoms with Gasteiger partial charge in [-0.2, -0.15) is 0 Å². The second kappa shape index (κ2) is 4.00. The van der Waals surface area contributed by atoms with Crippen molar-refractivity contribution in [3.8, 4) is 5.75 Å². The Bertz CT molecular complexity index is 258. The smallest absolute Gasteiger partial charge is 0.120 e. The lowest BCUT2D eigenvalue weighted by atomic mass is 10.2. The van der Waals surface area contributed by atoms with Crippen LogP contribution in [0, 0.1) is 6.92 Å². The molecule has 2 nitrogen and oxygen atoms in total. The van der Waals surface area contributed by atoms with Gasteiger partial charge >= 0.3 is 0 Å². The van der Waals surface area contributed by atoms with Crippen molar-refractivity contribution in [2.24, 2.45) is 0 Å². The Kier molecular flexibility index (Phi) is 2.97. The highest BCUT2D eigenvalue weighted by Crippen LogP contribution is 2.21. The van der Waals surface area contributed by atoms with E-state index in [4.69, 9.17) is 4.74 Å². The number of nitrogens with one attached hydrogen (secondary N) is 1. The maximum Gasteiger partial charge on any atom is 0.120 e. The number of anilines is 1. The summed E-state index contributed by atoms with van der Waals surface area (Å²) in [4.78, 5) is 0. The van der Waals surface area contributed by atoms with E-state index in [1.165, 1.54) is 5.56 Å². The van der Waals surface area contributed by atoms with Crippen LogP contribution in [0.25, 0.3) is 0 Å². The molecule has 0 saturated carbocycles. The molecule has 2 heteroatoms. The van der Waals surface area contributed by atoms with Gasteiger partial charge in [-0.05, 0) is 25.5 Å². The molecule has 12 heavy (non-hydrogen) atoms. The van der Waals surface area contributed by atoms with E-state index in [0.29, 0.717) is 0 Å². The molecular weight excluding hydrogens is 150 g/mol. The molecule has 66 valence electrons. The first-order valence-electron chi connectivity index (χ1n) is 4.16. The lowest BCUT2D eigenvalue weighted by Gasteiger charge is -2.08. The summed E-state index contributed by atoms with van der Waals surface area (Å²) in [6, 6.07) is 6.03. The summed E-state index contributed by atoms with van der Waals surface area (Å²) in [7, 11) is 1.68. The fraction of sp³-hybridized carbons (Fsp3) is 0.400. The number of methoxy groups -OCH3 is 1. The maximum atomic E-state index is 5.12. The van der Waals surface area contributed by atoms with Crippen molar-refractivity contribution in [3.63, 3.8) is 0 Å². The normalized spacial score (nSPS) is 9.58. The Labute approximate surface area is 73.6 Å². The summed E-state index contributed by atoms with van der Waals surface area (Å²) in [5, 5.41) is 3.27. The zero-order valence-electron chi connectivity index (χ0n) is 7.85. The van der Waals surface area contributed by atoms with Gasteiger partial charge in [0.05, 0.1) is 7.11 Å². The molecule has 0 aromatic heterocycles. The van der Waals surface area contributed by atoms with Crippen LogP contribution in [0.5, 0.6) is 5.75 Å². The van der Waals surface area contributed by atoms with Crippen LogP contribution in [0.15, 0.2) is 18.2 Å². The summed E-state index contributed by atoms with van der Waals surface area (Å²) in [5.74, 6) is 0.900. The minimum absolute atomic E-state index is 0.900. The number of rotatable bonds is 3. The Morgan fingerprint density at radius 3 is 2.75 bits per heavy atom. The van der Waals surface area contributed by atoms with Crippen LogP contribution in [-0.4, -0.2) is 13.7 Å². The fourth-order valence-electron chi connectivity index (χ4n) is 1.11. The number of ether oxygens (including phenoxy) is 1. The van der Waals surface area contributed by atoms with Crippen molar-refractivity contribution in [1.82, 2.24) is 0 Å². The van der Waals surface area contributed by atoms with Gasteiger partial charge in [0.15, 0.2) is 0 Å². The number of hydrogen-bond donors (Lipinski definition) is 1. The Balaban J connectivity index is 2.91. The Hall–Kier alpha value is -1.18. The Morgan fingerprint density at radius 2 is 2.17 bits per heavy atom. The van der Waals surface area contributed by atoms with Gasteiger partial charge in [-0.3, -0.25) is 0 Å². The zero-order valence-corrected chi connectivity index (χ0v) is 7.85. The van der Waals surface area contributed by atoms with Gasteiger partial charge < -0.3 is 10.1 Å². The SMILES string of the molecule is CCNc1cc(OC)ccc1C. The van der Waals surface area contributed by atoms with Crippen LogP contribution in [-0.2, 0) is 0 Å². The molecule has 0 aliphatic carbocycles. The molecule has 1 aromatic rings. The first-order valence-corrected chi connectivity index (χ1v) is 4.16. The lowest BCUT2D eigenvalue weighted by Crippen LogP contribution is -1.98. The van der Waals surface area contributed by atoms with Crippen molar-refractivity contribution in [1.29, 1.82) is 0 Å². The third-order valence-electron chi connectivity index (χ3n) is 1.81. The van der Waals surface area contributed by atoms with E-state index in [2.05, 4.69) is 25.2 Å². The average molecular weight is 165 g/mol. The van der Waals surface area contributed by atoms with Gasteiger partial charge in [0, 0.05) is 18.3 Å². The van der Waals surface area contributed by atoms with Gasteiger partial charge in [0.25, 0.3) is 0 Å². The maximum absolute atomic E-state index is 5.12. The molecule has 0 radical (unpaired) electrons. The summed E-state index contributed by atoms with van der Waals surface area (Å²) >= 11 is 0. The highest BCUT2D eigenvalue weighted by molar-refractivity contribution is 5.54. The minimum atomic E-state index is 0.900. The zero-order chi connectivity index (χ0) is 8.97. The number of aryl methyl sites for hydroxylation is 1. The fourth-order valence-corrected chi connectivity index (χ4v) is 1.11. The van der Waals surface area contributed by atoms with Crippen molar-refractivity contribution in [2.45, 2.75) is 13.8 Å². The third kappa shape index (κ3) is 1.91. The Morgan fingerprint density at radius 1 is 1.42 bits per heavy atom. The molecule has 0 atom stereocenters. The topological polar surface area (TPSA) is 21.3 Å². The van der Waals surface area contributed by atoms with Gasteiger partial charge in [-0.15, -0.1) is 0 Å². The van der Waals surface area contributed by atoms with E-state index in [0.717, 1.165) is 18.0 Å². The highest BCUT2D eigenvalue weighted by atomic mass is 16.5. The van der Waals surface area contributed by atoms with Crippen LogP contribution >= 0.6 is 0 Å². The predicted molar refractivity (Wildman–Crippen MR) is 51.9 cm³/mol. The first kappa shape index (κ1) is 8.91. The highest BCUT2D eigenvalue weighted by Gasteiger charge is 1.97. The summed E-state index contributed by atoms with van der Waals surface area (Å²) in [5.41, 5.74) is 2.40. The van der Waals surface area contributed by atoms with Crippen LogP contribution in [0.4, 0.5) is 5.69 Å². The molecule has 0 amide bonds. The quantitative estimate of drug-likeness (QED) is 0.742. The second-order valence-electron chi connectivity index (χ2n) is 2.71. The first-order chi connectivity index (χ1) is 5.77. The lowest BCUT2D eigenvalue weighted by molar-refractivity contribution is 0.415. The number of benzene rings is 1. The standard InChI is InChI=1S/C10H15NO/c1-4-11-10-7-9(12-3)6-5-8(10)2/h5-7,11H,4H2,1-3H3. The minimum Gasteiger partial charge on any atom is -0.497 e. The third-order valence-corrected chi connectivity index (χ3v) is 1.81. The molecule has 0 saturated heterocycles. The molecule has 0 bridgehead atoms. The van der Waals surface area contributed by atoms with Crippen LogP contribution < -0.4 is 10.1 Å². The summed E-state index contributed by atoms with van der Waals surface area (Å²) < 4.78 is 5.12. The monoisotopic (exact) mass is 165 g/mol. The molecule has 0 aliphatic heterocycles. The van der Waals surface area contributed by atoms with E-state index in [-0.39, 0.29) is 0 Å². The second-order valence-corrected chi connectivity index (χ2v) is 2.71. The van der Waals surface area contributed by atoms with E-state index in [1.54, 1.807) is 7.11 Å². The van der Waals surface area contributed by atoms with Gasteiger partial charge in [0.2, 0.25) is 0 Å². The van der Waals surface area contributed by atoms with Crippen LogP contribution in [0.1, 0.15) is 12.5 Å². The molecule has 0 heterocycles. The molecule has 1 N–H and O–H groups in total. The molecule has 1 rings (SSSR count). The van der Waals surface area contributed by atoms with Crippen LogP contribution in [0.2, 0.25) is 0 Å². The predicted octanol–water partition coefficient (Wildman–Crippen LogP) is 2.44. The average Bonchev–Trinajstić information content (AvgIpc) is 2.09.